The molecule has 1 aliphatic rings. The summed E-state index contributed by atoms with van der Waals surface area (Å²) in [5.41, 5.74) is 6.46. The molecule has 0 aliphatic carbocycles. The van der Waals surface area contributed by atoms with E-state index in [1.165, 1.54) is 0 Å². The van der Waals surface area contributed by atoms with Crippen LogP contribution in [0.15, 0.2) is 60.8 Å². The van der Waals surface area contributed by atoms with Crippen LogP contribution in [0, 0.1) is 6.92 Å². The highest BCUT2D eigenvalue weighted by molar-refractivity contribution is 5.98. The second-order valence-electron chi connectivity index (χ2n) is 8.75. The number of imide groups is 1. The highest BCUT2D eigenvalue weighted by atomic mass is 16.5. The molecule has 9 heteroatoms. The molecular weight excluding hydrogens is 458 g/mol. The van der Waals surface area contributed by atoms with Gasteiger partial charge in [0.15, 0.2) is 0 Å². The van der Waals surface area contributed by atoms with Gasteiger partial charge in [-0.1, -0.05) is 30.3 Å². The van der Waals surface area contributed by atoms with Crippen molar-refractivity contribution in [2.24, 2.45) is 0 Å². The lowest BCUT2D eigenvalue weighted by atomic mass is 9.98. The summed E-state index contributed by atoms with van der Waals surface area (Å²) in [6, 6.07) is 16.2. The molecule has 1 aliphatic heterocycles. The molecule has 3 aromatic carbocycles. The molecule has 9 nitrogen and oxygen atoms in total. The van der Waals surface area contributed by atoms with E-state index in [1.807, 2.05) is 43.3 Å². The topological polar surface area (TPSA) is 116 Å². The van der Waals surface area contributed by atoms with Crippen molar-refractivity contribution in [2.75, 3.05) is 13.7 Å². The van der Waals surface area contributed by atoms with Gasteiger partial charge in [-0.05, 0) is 59.0 Å². The van der Waals surface area contributed by atoms with Gasteiger partial charge in [0.05, 0.1) is 24.9 Å². The van der Waals surface area contributed by atoms with Crippen LogP contribution >= 0.6 is 0 Å². The molecule has 1 atom stereocenters. The third kappa shape index (κ3) is 4.38. The smallest absolute Gasteiger partial charge is 0.321 e. The van der Waals surface area contributed by atoms with Crippen LogP contribution in [0.25, 0.3) is 22.0 Å². The number of urea groups is 1. The molecule has 4 aromatic rings. The maximum absolute atomic E-state index is 13.1. The number of H-pyrrole nitrogens is 1. The average Bonchev–Trinajstić information content (AvgIpc) is 3.48. The zero-order valence-electron chi connectivity index (χ0n) is 19.9. The lowest BCUT2D eigenvalue weighted by molar-refractivity contribution is -0.108. The van der Waals surface area contributed by atoms with Crippen molar-refractivity contribution in [1.82, 2.24) is 25.7 Å². The Morgan fingerprint density at radius 1 is 1.17 bits per heavy atom. The van der Waals surface area contributed by atoms with E-state index >= 15 is 0 Å². The van der Waals surface area contributed by atoms with Gasteiger partial charge in [-0.2, -0.15) is 5.10 Å². The predicted molar refractivity (Wildman–Crippen MR) is 134 cm³/mol. The Labute approximate surface area is 207 Å². The van der Waals surface area contributed by atoms with E-state index < -0.39 is 12.1 Å². The van der Waals surface area contributed by atoms with Crippen molar-refractivity contribution < 1.29 is 19.1 Å². The number of amides is 4. The number of methoxy groups -OCH3 is 1. The van der Waals surface area contributed by atoms with E-state index in [9.17, 15) is 14.4 Å². The molecular formula is C27H25N5O4. The highest BCUT2D eigenvalue weighted by Crippen LogP contribution is 2.30. The predicted octanol–water partition coefficient (Wildman–Crippen LogP) is 3.70. The Morgan fingerprint density at radius 2 is 1.97 bits per heavy atom. The van der Waals surface area contributed by atoms with Crippen LogP contribution < -0.4 is 15.4 Å². The summed E-state index contributed by atoms with van der Waals surface area (Å²) < 4.78 is 5.25. The highest BCUT2D eigenvalue weighted by Gasteiger charge is 2.30. The summed E-state index contributed by atoms with van der Waals surface area (Å²) in [5, 5.41) is 13.1. The number of aromatic amines is 1. The zero-order chi connectivity index (χ0) is 25.2. The Kier molecular flexibility index (Phi) is 6.12. The molecule has 1 aromatic heterocycles. The van der Waals surface area contributed by atoms with Gasteiger partial charge in [0, 0.05) is 24.0 Å². The summed E-state index contributed by atoms with van der Waals surface area (Å²) in [4.78, 5) is 37.8. The molecule has 0 radical (unpaired) electrons. The van der Waals surface area contributed by atoms with Crippen LogP contribution in [-0.2, 0) is 11.3 Å². The number of nitrogens with one attached hydrogen (secondary N) is 3. The largest absolute Gasteiger partial charge is 0.497 e. The first-order chi connectivity index (χ1) is 17.5. The van der Waals surface area contributed by atoms with Gasteiger partial charge in [-0.25, -0.2) is 4.79 Å². The van der Waals surface area contributed by atoms with E-state index in [0.717, 1.165) is 38.7 Å². The number of carbonyl (C=O) groups is 3. The molecule has 3 N–H and O–H groups in total. The van der Waals surface area contributed by atoms with Gasteiger partial charge in [0.1, 0.15) is 5.75 Å². The van der Waals surface area contributed by atoms with Gasteiger partial charge in [-0.15, -0.1) is 0 Å². The minimum atomic E-state index is -0.633. The van der Waals surface area contributed by atoms with Crippen molar-refractivity contribution in [3.05, 3.63) is 83.0 Å². The maximum Gasteiger partial charge on any atom is 0.321 e. The molecule has 0 unspecified atom stereocenters. The minimum absolute atomic E-state index is 0.132. The number of aryl methyl sites for hydroxylation is 1. The second kappa shape index (κ2) is 9.53. The molecule has 2 heterocycles. The number of benzene rings is 3. The van der Waals surface area contributed by atoms with E-state index in [2.05, 4.69) is 33.0 Å². The fourth-order valence-corrected chi connectivity index (χ4v) is 4.63. The Balaban J connectivity index is 1.40. The van der Waals surface area contributed by atoms with Crippen molar-refractivity contribution in [2.45, 2.75) is 19.5 Å². The van der Waals surface area contributed by atoms with Crippen LogP contribution in [0.5, 0.6) is 5.75 Å². The first kappa shape index (κ1) is 23.1. The van der Waals surface area contributed by atoms with Crippen LogP contribution in [0.1, 0.15) is 33.1 Å². The fourth-order valence-electron chi connectivity index (χ4n) is 4.63. The monoisotopic (exact) mass is 483 g/mol. The van der Waals surface area contributed by atoms with E-state index in [4.69, 9.17) is 4.74 Å². The number of nitrogens with zero attached hydrogens (tertiary/aromatic N) is 2. The third-order valence-electron chi connectivity index (χ3n) is 6.49. The van der Waals surface area contributed by atoms with Crippen LogP contribution in [0.4, 0.5) is 4.79 Å². The van der Waals surface area contributed by atoms with Crippen molar-refractivity contribution in [1.29, 1.82) is 0 Å². The quantitative estimate of drug-likeness (QED) is 0.347. The third-order valence-corrected chi connectivity index (χ3v) is 6.49. The van der Waals surface area contributed by atoms with Gasteiger partial charge < -0.3 is 15.0 Å². The molecule has 0 bridgehead atoms. The van der Waals surface area contributed by atoms with Crippen LogP contribution in [0.3, 0.4) is 0 Å². The first-order valence-corrected chi connectivity index (χ1v) is 11.5. The normalized spacial score (nSPS) is 13.4. The number of hydrogen-bond acceptors (Lipinski definition) is 5. The van der Waals surface area contributed by atoms with Crippen molar-refractivity contribution >= 4 is 29.3 Å². The SMILES string of the molecule is COc1ccc2c(c1)C(=O)N(C[C@H](NC(=O)NC=O)c1ccc(-c3cc(C)c4[nH]ncc4c3)cc1)C2. The lowest BCUT2D eigenvalue weighted by Crippen LogP contribution is -2.42. The van der Waals surface area contributed by atoms with E-state index in [0.29, 0.717) is 24.3 Å². The molecule has 0 saturated heterocycles. The summed E-state index contributed by atoms with van der Waals surface area (Å²) in [5.74, 6) is 0.482. The van der Waals surface area contributed by atoms with Crippen molar-refractivity contribution in [3.8, 4) is 16.9 Å². The van der Waals surface area contributed by atoms with E-state index in [-0.39, 0.29) is 12.5 Å². The Morgan fingerprint density at radius 3 is 2.72 bits per heavy atom. The molecule has 182 valence electrons. The number of ether oxygens (including phenoxy) is 1. The van der Waals surface area contributed by atoms with E-state index in [1.54, 1.807) is 24.3 Å². The maximum atomic E-state index is 13.1. The molecule has 0 fully saturated rings. The molecule has 0 spiro atoms. The fraction of sp³-hybridized carbons (Fsp3) is 0.185. The van der Waals surface area contributed by atoms with Gasteiger partial charge >= 0.3 is 6.03 Å². The first-order valence-electron chi connectivity index (χ1n) is 11.5. The van der Waals surface area contributed by atoms with Crippen LogP contribution in [-0.4, -0.2) is 47.1 Å². The van der Waals surface area contributed by atoms with Gasteiger partial charge in [0.2, 0.25) is 6.41 Å². The lowest BCUT2D eigenvalue weighted by Gasteiger charge is -2.25. The summed E-state index contributed by atoms with van der Waals surface area (Å²) in [6.45, 7) is 2.69. The number of rotatable bonds is 7. The zero-order valence-corrected chi connectivity index (χ0v) is 19.9. The summed E-state index contributed by atoms with van der Waals surface area (Å²) in [7, 11) is 1.56. The van der Waals surface area contributed by atoms with Gasteiger partial charge in [0.25, 0.3) is 5.91 Å². The van der Waals surface area contributed by atoms with Crippen molar-refractivity contribution in [3.63, 3.8) is 0 Å². The second-order valence-corrected chi connectivity index (χ2v) is 8.75. The Bertz CT molecular complexity index is 1460. The summed E-state index contributed by atoms with van der Waals surface area (Å²) in [6.07, 6.45) is 2.12. The molecule has 36 heavy (non-hydrogen) atoms. The summed E-state index contributed by atoms with van der Waals surface area (Å²) >= 11 is 0. The Hall–Kier alpha value is -4.66. The van der Waals surface area contributed by atoms with Gasteiger partial charge in [-0.3, -0.25) is 20.0 Å². The average molecular weight is 484 g/mol. The number of hydrogen-bond donors (Lipinski definition) is 3. The minimum Gasteiger partial charge on any atom is -0.497 e. The molecule has 5 rings (SSSR count). The van der Waals surface area contributed by atoms with Crippen LogP contribution in [0.2, 0.25) is 0 Å². The number of carbonyl (C=O) groups excluding carboxylic acids is 3. The number of aromatic nitrogens is 2. The standard InChI is InChI=1S/C27H25N5O4/c1-16-9-20(10-21-12-29-31-25(16)21)17-3-5-18(6-4-17)24(30-27(35)28-15-33)14-32-13-19-7-8-22(36-2)11-23(19)26(32)34/h3-12,15,24H,13-14H2,1-2H3,(H,29,31)(H2,28,30,33,35)/t24-/m0/s1. The molecule has 4 amide bonds. The molecule has 0 saturated carbocycles. The number of fused-ring (bicyclic) bond motifs is 2.